The number of rotatable bonds is 9. The third-order valence-corrected chi connectivity index (χ3v) is 3.34. The van der Waals surface area contributed by atoms with Gasteiger partial charge in [0.25, 0.3) is 0 Å². The summed E-state index contributed by atoms with van der Waals surface area (Å²) in [5, 5.41) is 14.7. The first-order valence-corrected chi connectivity index (χ1v) is 7.30. The van der Waals surface area contributed by atoms with Crippen LogP contribution in [-0.2, 0) is 11.3 Å². The predicted molar refractivity (Wildman–Crippen MR) is 84.7 cm³/mol. The molecule has 0 saturated carbocycles. The second-order valence-corrected chi connectivity index (χ2v) is 4.86. The fourth-order valence-electron chi connectivity index (χ4n) is 2.27. The molecule has 0 bridgehead atoms. The minimum atomic E-state index is 0.148. The summed E-state index contributed by atoms with van der Waals surface area (Å²) >= 11 is 0. The second-order valence-electron chi connectivity index (χ2n) is 4.86. The topological polar surface area (TPSA) is 50.7 Å². The van der Waals surface area contributed by atoms with Crippen molar-refractivity contribution in [3.8, 4) is 5.75 Å². The average Bonchev–Trinajstić information content (AvgIpc) is 2.53. The van der Waals surface area contributed by atoms with Crippen LogP contribution in [0.1, 0.15) is 12.0 Å². The molecule has 0 unspecified atom stereocenters. The highest BCUT2D eigenvalue weighted by Crippen LogP contribution is 2.28. The van der Waals surface area contributed by atoms with Crippen LogP contribution in [0.4, 0.5) is 0 Å². The van der Waals surface area contributed by atoms with Crippen LogP contribution < -0.4 is 10.1 Å². The molecule has 0 aliphatic rings. The highest BCUT2D eigenvalue weighted by molar-refractivity contribution is 5.87. The predicted octanol–water partition coefficient (Wildman–Crippen LogP) is 2.34. The van der Waals surface area contributed by atoms with Crippen molar-refractivity contribution in [1.29, 1.82) is 0 Å². The van der Waals surface area contributed by atoms with E-state index in [9.17, 15) is 0 Å². The third-order valence-electron chi connectivity index (χ3n) is 3.34. The molecule has 2 aromatic carbocycles. The van der Waals surface area contributed by atoms with Gasteiger partial charge in [-0.2, -0.15) is 0 Å². The molecular weight excluding hydrogens is 266 g/mol. The molecule has 0 heterocycles. The van der Waals surface area contributed by atoms with Crippen molar-refractivity contribution < 1.29 is 14.6 Å². The number of methoxy groups -OCH3 is 1. The molecule has 0 fully saturated rings. The van der Waals surface area contributed by atoms with E-state index >= 15 is 0 Å². The van der Waals surface area contributed by atoms with Crippen molar-refractivity contribution in [2.75, 3.05) is 33.5 Å². The number of ether oxygens (including phenoxy) is 2. The Balaban J connectivity index is 2.19. The number of benzene rings is 2. The molecule has 0 saturated heterocycles. The Morgan fingerprint density at radius 2 is 1.95 bits per heavy atom. The van der Waals surface area contributed by atoms with Gasteiger partial charge in [-0.3, -0.25) is 0 Å². The number of hydrogen-bond acceptors (Lipinski definition) is 4. The molecule has 2 N–H and O–H groups in total. The SMILES string of the molecule is COCCNCc1c(OCCCO)ccc2ccccc12. The Labute approximate surface area is 125 Å². The highest BCUT2D eigenvalue weighted by Gasteiger charge is 2.08. The van der Waals surface area contributed by atoms with Gasteiger partial charge in [0.15, 0.2) is 0 Å². The number of aliphatic hydroxyl groups excluding tert-OH is 1. The minimum Gasteiger partial charge on any atom is -0.493 e. The fraction of sp³-hybridized carbons (Fsp3) is 0.412. The number of fused-ring (bicyclic) bond motifs is 1. The Morgan fingerprint density at radius 3 is 2.76 bits per heavy atom. The fourth-order valence-corrected chi connectivity index (χ4v) is 2.27. The van der Waals surface area contributed by atoms with Gasteiger partial charge in [0.1, 0.15) is 5.75 Å². The largest absolute Gasteiger partial charge is 0.493 e. The Morgan fingerprint density at radius 1 is 1.10 bits per heavy atom. The first-order chi connectivity index (χ1) is 10.4. The first kappa shape index (κ1) is 15.8. The van der Waals surface area contributed by atoms with E-state index in [-0.39, 0.29) is 6.61 Å². The van der Waals surface area contributed by atoms with Gasteiger partial charge in [-0.1, -0.05) is 30.3 Å². The lowest BCUT2D eigenvalue weighted by Crippen LogP contribution is -2.19. The lowest BCUT2D eigenvalue weighted by molar-refractivity contribution is 0.199. The van der Waals surface area contributed by atoms with Gasteiger partial charge in [0.2, 0.25) is 0 Å². The maximum absolute atomic E-state index is 8.88. The van der Waals surface area contributed by atoms with Gasteiger partial charge in [-0.15, -0.1) is 0 Å². The Kier molecular flexibility index (Phi) is 6.47. The molecule has 4 heteroatoms. The van der Waals surface area contributed by atoms with Crippen LogP contribution in [-0.4, -0.2) is 38.6 Å². The Bertz CT molecular complexity index is 557. The van der Waals surface area contributed by atoms with Gasteiger partial charge in [0, 0.05) is 38.8 Å². The number of nitrogens with one attached hydrogen (secondary N) is 1. The molecule has 0 aliphatic carbocycles. The number of aliphatic hydroxyl groups is 1. The average molecular weight is 289 g/mol. The van der Waals surface area contributed by atoms with Crippen LogP contribution in [0.3, 0.4) is 0 Å². The molecule has 0 aromatic heterocycles. The van der Waals surface area contributed by atoms with Gasteiger partial charge in [-0.05, 0) is 16.8 Å². The van der Waals surface area contributed by atoms with Crippen LogP contribution in [0.15, 0.2) is 36.4 Å². The minimum absolute atomic E-state index is 0.148. The third kappa shape index (κ3) is 4.43. The monoisotopic (exact) mass is 289 g/mol. The summed E-state index contributed by atoms with van der Waals surface area (Å²) in [7, 11) is 1.70. The number of hydrogen-bond donors (Lipinski definition) is 2. The molecule has 2 aromatic rings. The van der Waals surface area contributed by atoms with Gasteiger partial charge in [0.05, 0.1) is 13.2 Å². The normalized spacial score (nSPS) is 11.0. The van der Waals surface area contributed by atoms with Crippen LogP contribution in [0.25, 0.3) is 10.8 Å². The van der Waals surface area contributed by atoms with Gasteiger partial charge < -0.3 is 19.9 Å². The quantitative estimate of drug-likeness (QED) is 0.696. The summed E-state index contributed by atoms with van der Waals surface area (Å²) in [4.78, 5) is 0. The van der Waals surface area contributed by atoms with Crippen molar-refractivity contribution in [3.05, 3.63) is 42.0 Å². The van der Waals surface area contributed by atoms with E-state index in [4.69, 9.17) is 14.6 Å². The first-order valence-electron chi connectivity index (χ1n) is 7.30. The maximum atomic E-state index is 8.88. The molecule has 4 nitrogen and oxygen atoms in total. The molecule has 0 atom stereocenters. The van der Waals surface area contributed by atoms with Crippen LogP contribution >= 0.6 is 0 Å². The van der Waals surface area contributed by atoms with Crippen LogP contribution in [0, 0.1) is 0 Å². The lowest BCUT2D eigenvalue weighted by Gasteiger charge is -2.15. The van der Waals surface area contributed by atoms with Crippen molar-refractivity contribution in [2.45, 2.75) is 13.0 Å². The van der Waals surface area contributed by atoms with Crippen molar-refractivity contribution in [2.24, 2.45) is 0 Å². The molecule has 21 heavy (non-hydrogen) atoms. The molecule has 114 valence electrons. The molecular formula is C17H23NO3. The molecule has 0 radical (unpaired) electrons. The summed E-state index contributed by atoms with van der Waals surface area (Å²) < 4.78 is 10.9. The zero-order valence-corrected chi connectivity index (χ0v) is 12.5. The van der Waals surface area contributed by atoms with Gasteiger partial charge in [-0.25, -0.2) is 0 Å². The van der Waals surface area contributed by atoms with E-state index in [0.29, 0.717) is 19.6 Å². The molecule has 0 spiro atoms. The molecule has 2 rings (SSSR count). The van der Waals surface area contributed by atoms with Crippen molar-refractivity contribution in [3.63, 3.8) is 0 Å². The summed E-state index contributed by atoms with van der Waals surface area (Å²) in [6, 6.07) is 12.4. The van der Waals surface area contributed by atoms with E-state index in [2.05, 4.69) is 23.5 Å². The second kappa shape index (κ2) is 8.62. The van der Waals surface area contributed by atoms with E-state index in [1.165, 1.54) is 10.8 Å². The van der Waals surface area contributed by atoms with E-state index in [0.717, 1.165) is 24.4 Å². The van der Waals surface area contributed by atoms with E-state index < -0.39 is 0 Å². The molecule has 0 aliphatic heterocycles. The summed E-state index contributed by atoms with van der Waals surface area (Å²) in [5.41, 5.74) is 1.15. The highest BCUT2D eigenvalue weighted by atomic mass is 16.5. The molecule has 0 amide bonds. The van der Waals surface area contributed by atoms with Gasteiger partial charge >= 0.3 is 0 Å². The van der Waals surface area contributed by atoms with Crippen molar-refractivity contribution >= 4 is 10.8 Å². The maximum Gasteiger partial charge on any atom is 0.124 e. The zero-order valence-electron chi connectivity index (χ0n) is 12.5. The lowest BCUT2D eigenvalue weighted by atomic mass is 10.0. The standard InChI is InChI=1S/C17H23NO3/c1-20-12-9-18-13-16-15-6-3-2-5-14(15)7-8-17(16)21-11-4-10-19/h2-3,5-8,18-19H,4,9-13H2,1H3. The summed E-state index contributed by atoms with van der Waals surface area (Å²) in [6.45, 7) is 2.90. The van der Waals surface area contributed by atoms with E-state index in [1.807, 2.05) is 18.2 Å². The van der Waals surface area contributed by atoms with Crippen LogP contribution in [0.5, 0.6) is 5.75 Å². The van der Waals surface area contributed by atoms with E-state index in [1.54, 1.807) is 7.11 Å². The Hall–Kier alpha value is -1.62. The summed E-state index contributed by atoms with van der Waals surface area (Å²) in [6.07, 6.45) is 0.642. The van der Waals surface area contributed by atoms with Crippen LogP contribution in [0.2, 0.25) is 0 Å². The zero-order chi connectivity index (χ0) is 14.9. The summed E-state index contributed by atoms with van der Waals surface area (Å²) in [5.74, 6) is 0.882. The van der Waals surface area contributed by atoms with Crippen molar-refractivity contribution in [1.82, 2.24) is 5.32 Å². The smallest absolute Gasteiger partial charge is 0.124 e.